The number of halogens is 1. The Morgan fingerprint density at radius 2 is 2.05 bits per heavy atom. The Morgan fingerprint density at radius 3 is 2.79 bits per heavy atom. The first kappa shape index (κ1) is 23.3. The molecule has 0 spiro atoms. The van der Waals surface area contributed by atoms with E-state index >= 15 is 0 Å². The lowest BCUT2D eigenvalue weighted by molar-refractivity contribution is 0.284. The summed E-state index contributed by atoms with van der Waals surface area (Å²) < 4.78 is 22.2. The van der Waals surface area contributed by atoms with Crippen LogP contribution in [0, 0.1) is 5.82 Å². The standard InChI is InChI=1S/C27H24FN9O2/c1-3-37-14-15(11-31-37)27(25-35-36(2)26(38)39-25)23-18(17-6-4-5-7-19(17)32-23)10-21(34-27)24-30-13-22(33-24)20-9-8-16(28)12-29-20/h4-9,11-14,21,32,34H,3,10H2,1-2H3,(H,30,33)/t21-,27?/m1/s1. The molecule has 12 heteroatoms. The van der Waals surface area contributed by atoms with Crippen molar-refractivity contribution in [2.24, 2.45) is 7.05 Å². The predicted octanol–water partition coefficient (Wildman–Crippen LogP) is 3.17. The molecule has 0 saturated heterocycles. The summed E-state index contributed by atoms with van der Waals surface area (Å²) >= 11 is 0. The number of para-hydroxylation sites is 1. The number of fused-ring (bicyclic) bond motifs is 3. The van der Waals surface area contributed by atoms with Gasteiger partial charge in [-0.1, -0.05) is 18.2 Å². The highest BCUT2D eigenvalue weighted by atomic mass is 19.1. The highest BCUT2D eigenvalue weighted by molar-refractivity contribution is 5.86. The van der Waals surface area contributed by atoms with Crippen LogP contribution >= 0.6 is 0 Å². The van der Waals surface area contributed by atoms with Gasteiger partial charge in [-0.05, 0) is 37.1 Å². The zero-order valence-corrected chi connectivity index (χ0v) is 21.1. The zero-order chi connectivity index (χ0) is 26.7. The molecule has 3 N–H and O–H groups in total. The van der Waals surface area contributed by atoms with Crippen LogP contribution in [0.2, 0.25) is 0 Å². The van der Waals surface area contributed by atoms with Gasteiger partial charge in [0, 0.05) is 42.5 Å². The average molecular weight is 526 g/mol. The molecule has 1 aromatic carbocycles. The van der Waals surface area contributed by atoms with Crippen LogP contribution in [0.5, 0.6) is 0 Å². The monoisotopic (exact) mass is 525 g/mol. The lowest BCUT2D eigenvalue weighted by Gasteiger charge is -2.38. The summed E-state index contributed by atoms with van der Waals surface area (Å²) in [5, 5.41) is 13.8. The van der Waals surface area contributed by atoms with E-state index in [0.717, 1.165) is 27.7 Å². The van der Waals surface area contributed by atoms with Crippen molar-refractivity contribution in [2.75, 3.05) is 0 Å². The minimum absolute atomic E-state index is 0.190. The third-order valence-electron chi connectivity index (χ3n) is 7.31. The third kappa shape index (κ3) is 3.56. The smallest absolute Gasteiger partial charge is 0.389 e. The Hall–Kier alpha value is -4.84. The number of nitrogens with zero attached hydrogens (tertiary/aromatic N) is 6. The van der Waals surface area contributed by atoms with Crippen LogP contribution < -0.4 is 11.1 Å². The molecule has 0 radical (unpaired) electrons. The van der Waals surface area contributed by atoms with E-state index < -0.39 is 17.1 Å². The molecule has 1 aliphatic rings. The van der Waals surface area contributed by atoms with Gasteiger partial charge in [0.25, 0.3) is 0 Å². The average Bonchev–Trinajstić information content (AvgIpc) is 3.75. The Morgan fingerprint density at radius 1 is 1.18 bits per heavy atom. The van der Waals surface area contributed by atoms with Gasteiger partial charge in [-0.15, -0.1) is 5.10 Å². The highest BCUT2D eigenvalue weighted by Crippen LogP contribution is 2.45. The quantitative estimate of drug-likeness (QED) is 0.315. The normalized spacial score (nSPS) is 19.0. The van der Waals surface area contributed by atoms with Gasteiger partial charge in [-0.25, -0.2) is 14.2 Å². The van der Waals surface area contributed by atoms with Gasteiger partial charge in [-0.3, -0.25) is 15.0 Å². The topological polar surface area (TPSA) is 135 Å². The molecule has 2 atom stereocenters. The maximum Gasteiger partial charge on any atom is 0.436 e. The van der Waals surface area contributed by atoms with Gasteiger partial charge in [0.1, 0.15) is 17.3 Å². The van der Waals surface area contributed by atoms with E-state index in [4.69, 9.17) is 9.40 Å². The molecule has 0 amide bonds. The minimum Gasteiger partial charge on any atom is -0.389 e. The summed E-state index contributed by atoms with van der Waals surface area (Å²) in [7, 11) is 1.55. The Bertz CT molecular complexity index is 1880. The summed E-state index contributed by atoms with van der Waals surface area (Å²) in [4.78, 5) is 28.4. The van der Waals surface area contributed by atoms with E-state index in [1.165, 1.54) is 16.9 Å². The Balaban J connectivity index is 1.46. The molecule has 6 aromatic rings. The molecule has 0 saturated carbocycles. The second-order valence-corrected chi connectivity index (χ2v) is 9.59. The van der Waals surface area contributed by atoms with Gasteiger partial charge in [-0.2, -0.15) is 9.78 Å². The fourth-order valence-corrected chi connectivity index (χ4v) is 5.41. The Labute approximate surface area is 220 Å². The number of nitrogens with one attached hydrogen (secondary N) is 3. The summed E-state index contributed by atoms with van der Waals surface area (Å²) in [6.45, 7) is 2.67. The molecule has 1 unspecified atom stereocenters. The van der Waals surface area contributed by atoms with Crippen LogP contribution in [-0.2, 0) is 25.6 Å². The number of H-pyrrole nitrogens is 2. The number of imidazole rings is 1. The molecule has 0 fully saturated rings. The first-order valence-corrected chi connectivity index (χ1v) is 12.6. The second-order valence-electron chi connectivity index (χ2n) is 9.59. The number of aromatic nitrogens is 8. The van der Waals surface area contributed by atoms with Gasteiger partial charge in [0.15, 0.2) is 5.54 Å². The molecule has 0 bridgehead atoms. The van der Waals surface area contributed by atoms with E-state index in [0.29, 0.717) is 30.2 Å². The summed E-state index contributed by atoms with van der Waals surface area (Å²) in [5.41, 5.74) is 3.54. The minimum atomic E-state index is -1.17. The van der Waals surface area contributed by atoms with Crippen molar-refractivity contribution in [3.63, 3.8) is 0 Å². The summed E-state index contributed by atoms with van der Waals surface area (Å²) in [5.74, 6) is -0.145. The van der Waals surface area contributed by atoms with Crippen LogP contribution in [0.4, 0.5) is 4.39 Å². The molecule has 196 valence electrons. The van der Waals surface area contributed by atoms with E-state index in [1.54, 1.807) is 25.5 Å². The number of rotatable bonds is 5. The van der Waals surface area contributed by atoms with Crippen molar-refractivity contribution in [1.82, 2.24) is 44.8 Å². The lowest BCUT2D eigenvalue weighted by atomic mass is 9.79. The van der Waals surface area contributed by atoms with Crippen molar-refractivity contribution >= 4 is 10.9 Å². The van der Waals surface area contributed by atoms with Gasteiger partial charge < -0.3 is 14.4 Å². The number of hydrogen-bond acceptors (Lipinski definition) is 7. The summed E-state index contributed by atoms with van der Waals surface area (Å²) in [6.07, 6.45) is 7.19. The van der Waals surface area contributed by atoms with Crippen molar-refractivity contribution in [3.8, 4) is 11.4 Å². The van der Waals surface area contributed by atoms with Crippen LogP contribution in [0.25, 0.3) is 22.3 Å². The molecular weight excluding hydrogens is 501 g/mol. The first-order valence-electron chi connectivity index (χ1n) is 12.6. The predicted molar refractivity (Wildman–Crippen MR) is 139 cm³/mol. The first-order chi connectivity index (χ1) is 19.0. The number of aryl methyl sites for hydroxylation is 2. The van der Waals surface area contributed by atoms with Gasteiger partial charge >= 0.3 is 5.76 Å². The molecule has 6 heterocycles. The number of aromatic amines is 2. The SMILES string of the molecule is CCn1cc(C2(c3nn(C)c(=O)o3)N[C@@H](c3nc(-c4ccc(F)cn4)c[nH]3)Cc3c2[nH]c2ccccc32)cn1. The fourth-order valence-electron chi connectivity index (χ4n) is 5.41. The molecule has 1 aliphatic heterocycles. The van der Waals surface area contributed by atoms with Gasteiger partial charge in [0.05, 0.1) is 29.8 Å². The van der Waals surface area contributed by atoms with Crippen LogP contribution in [0.15, 0.2) is 70.4 Å². The van der Waals surface area contributed by atoms with Crippen molar-refractivity contribution in [1.29, 1.82) is 0 Å². The van der Waals surface area contributed by atoms with E-state index in [-0.39, 0.29) is 11.9 Å². The van der Waals surface area contributed by atoms with Crippen molar-refractivity contribution < 1.29 is 8.81 Å². The molecule has 0 aliphatic carbocycles. The fraction of sp³-hybridized carbons (Fsp3) is 0.222. The van der Waals surface area contributed by atoms with Gasteiger partial charge in [0.2, 0.25) is 5.89 Å². The molecule has 5 aromatic heterocycles. The van der Waals surface area contributed by atoms with E-state index in [9.17, 15) is 9.18 Å². The number of pyridine rings is 1. The molecule has 39 heavy (non-hydrogen) atoms. The zero-order valence-electron chi connectivity index (χ0n) is 21.1. The third-order valence-corrected chi connectivity index (χ3v) is 7.31. The number of hydrogen-bond donors (Lipinski definition) is 3. The molecule has 7 rings (SSSR count). The van der Waals surface area contributed by atoms with Crippen LogP contribution in [0.1, 0.15) is 41.5 Å². The highest BCUT2D eigenvalue weighted by Gasteiger charge is 2.51. The molecular formula is C27H24FN9O2. The van der Waals surface area contributed by atoms with Crippen molar-refractivity contribution in [2.45, 2.75) is 31.5 Å². The lowest BCUT2D eigenvalue weighted by Crippen LogP contribution is -2.51. The van der Waals surface area contributed by atoms with E-state index in [1.807, 2.05) is 36.0 Å². The van der Waals surface area contributed by atoms with Crippen molar-refractivity contribution in [3.05, 3.63) is 106 Å². The van der Waals surface area contributed by atoms with E-state index in [2.05, 4.69) is 36.5 Å². The second kappa shape index (κ2) is 8.60. The Kier molecular flexibility index (Phi) is 5.13. The summed E-state index contributed by atoms with van der Waals surface area (Å²) in [6, 6.07) is 10.7. The largest absolute Gasteiger partial charge is 0.436 e. The maximum atomic E-state index is 13.5. The number of benzene rings is 1. The van der Waals surface area contributed by atoms with Crippen LogP contribution in [0.3, 0.4) is 0 Å². The maximum absolute atomic E-state index is 13.5. The van der Waals surface area contributed by atoms with Crippen LogP contribution in [-0.4, -0.2) is 39.5 Å². The molecule has 11 nitrogen and oxygen atoms in total.